The van der Waals surface area contributed by atoms with Crippen molar-refractivity contribution in [2.24, 2.45) is 0 Å². The van der Waals surface area contributed by atoms with Crippen LogP contribution in [0.5, 0.6) is 0 Å². The van der Waals surface area contributed by atoms with Crippen molar-refractivity contribution in [2.45, 2.75) is 26.7 Å². The number of thiazole rings is 1. The van der Waals surface area contributed by atoms with E-state index in [9.17, 15) is 4.79 Å². The Labute approximate surface area is 89.5 Å². The van der Waals surface area contributed by atoms with Gasteiger partial charge in [-0.1, -0.05) is 13.8 Å². The number of aromatic nitrogens is 1. The summed E-state index contributed by atoms with van der Waals surface area (Å²) in [5.41, 5.74) is 0.646. The molecule has 1 aromatic heterocycles. The lowest BCUT2D eigenvalue weighted by atomic mass is 10.1. The van der Waals surface area contributed by atoms with E-state index in [1.807, 2.05) is 6.92 Å². The highest BCUT2D eigenvalue weighted by Gasteiger charge is 2.16. The van der Waals surface area contributed by atoms with Crippen LogP contribution in [0.25, 0.3) is 0 Å². The zero-order chi connectivity index (χ0) is 9.30. The number of aryl methyl sites for hydroxylation is 1. The minimum absolute atomic E-state index is 0.0423. The van der Waals surface area contributed by atoms with Crippen molar-refractivity contribution in [1.82, 2.24) is 4.98 Å². The molecule has 1 heterocycles. The summed E-state index contributed by atoms with van der Waals surface area (Å²) in [7, 11) is 0. The van der Waals surface area contributed by atoms with Crippen molar-refractivity contribution in [3.63, 3.8) is 0 Å². The second-order valence-electron chi connectivity index (χ2n) is 2.87. The van der Waals surface area contributed by atoms with Crippen LogP contribution in [-0.4, -0.2) is 8.77 Å². The summed E-state index contributed by atoms with van der Waals surface area (Å²) in [6.07, 6.45) is 0. The summed E-state index contributed by atoms with van der Waals surface area (Å²) in [5.74, 6) is 0.393. The van der Waals surface area contributed by atoms with Crippen molar-refractivity contribution in [3.8, 4) is 0 Å². The summed E-state index contributed by atoms with van der Waals surface area (Å²) in [5, 5.41) is 0.971. The average molecular weight is 295 g/mol. The predicted molar refractivity (Wildman–Crippen MR) is 59.3 cm³/mol. The molecule has 0 fully saturated rings. The number of hydrogen-bond acceptors (Lipinski definition) is 3. The number of hydrogen-bond donors (Lipinski definition) is 0. The minimum atomic E-state index is 0.0423. The molecule has 1 rings (SSSR count). The van der Waals surface area contributed by atoms with Gasteiger partial charge in [0.2, 0.25) is 3.79 Å². The van der Waals surface area contributed by atoms with Gasteiger partial charge in [-0.05, 0) is 12.8 Å². The molecular weight excluding hydrogens is 285 g/mol. The third-order valence-electron chi connectivity index (χ3n) is 1.47. The fourth-order valence-corrected chi connectivity index (χ4v) is 2.49. The Balaban J connectivity index is 3.17. The third kappa shape index (κ3) is 2.04. The number of rotatable bonds is 2. The molecule has 0 aliphatic carbocycles. The highest BCUT2D eigenvalue weighted by atomic mass is 127. The van der Waals surface area contributed by atoms with E-state index in [1.165, 1.54) is 0 Å². The van der Waals surface area contributed by atoms with Crippen molar-refractivity contribution in [2.75, 3.05) is 0 Å². The van der Waals surface area contributed by atoms with Crippen LogP contribution in [-0.2, 0) is 0 Å². The number of carbonyl (C=O) groups is 1. The van der Waals surface area contributed by atoms with E-state index in [-0.39, 0.29) is 3.79 Å². The first-order valence-corrected chi connectivity index (χ1v) is 5.59. The van der Waals surface area contributed by atoms with Crippen LogP contribution < -0.4 is 0 Å². The third-order valence-corrected chi connectivity index (χ3v) is 3.25. The fourth-order valence-electron chi connectivity index (χ4n) is 0.975. The standard InChI is InChI=1S/C8H10INOS/c1-4(2)7-6(8(9)11)10-5(3)12-7/h4H,1-3H3. The van der Waals surface area contributed by atoms with E-state index in [0.29, 0.717) is 11.6 Å². The van der Waals surface area contributed by atoms with Crippen molar-refractivity contribution in [3.05, 3.63) is 15.6 Å². The van der Waals surface area contributed by atoms with Crippen LogP contribution in [0.2, 0.25) is 0 Å². The van der Waals surface area contributed by atoms with Gasteiger partial charge < -0.3 is 0 Å². The summed E-state index contributed by atoms with van der Waals surface area (Å²) in [4.78, 5) is 16.4. The highest BCUT2D eigenvalue weighted by molar-refractivity contribution is 14.1. The molecule has 0 aliphatic rings. The van der Waals surface area contributed by atoms with Crippen LogP contribution in [0.3, 0.4) is 0 Å². The van der Waals surface area contributed by atoms with Gasteiger partial charge in [0, 0.05) is 27.5 Å². The lowest BCUT2D eigenvalue weighted by molar-refractivity contribution is 0.110. The van der Waals surface area contributed by atoms with E-state index in [0.717, 1.165) is 9.88 Å². The SMILES string of the molecule is Cc1nc(C(=O)I)c(C(C)C)s1. The summed E-state index contributed by atoms with van der Waals surface area (Å²) in [6.45, 7) is 6.09. The molecule has 0 bridgehead atoms. The van der Waals surface area contributed by atoms with Crippen LogP contribution >= 0.6 is 33.9 Å². The van der Waals surface area contributed by atoms with Gasteiger partial charge in [-0.15, -0.1) is 11.3 Å². The molecule has 66 valence electrons. The molecule has 0 radical (unpaired) electrons. The van der Waals surface area contributed by atoms with E-state index in [2.05, 4.69) is 18.8 Å². The van der Waals surface area contributed by atoms with E-state index < -0.39 is 0 Å². The summed E-state index contributed by atoms with van der Waals surface area (Å²) >= 11 is 3.40. The number of halogens is 1. The summed E-state index contributed by atoms with van der Waals surface area (Å²) in [6, 6.07) is 0. The van der Waals surface area contributed by atoms with Crippen LogP contribution in [0, 0.1) is 6.92 Å². The van der Waals surface area contributed by atoms with Crippen LogP contribution in [0.1, 0.15) is 40.1 Å². The van der Waals surface area contributed by atoms with Gasteiger partial charge >= 0.3 is 0 Å². The Kier molecular flexibility index (Phi) is 3.22. The summed E-state index contributed by atoms with van der Waals surface area (Å²) < 4.78 is 0.0423. The molecule has 0 unspecified atom stereocenters. The van der Waals surface area contributed by atoms with Gasteiger partial charge in [0.25, 0.3) is 0 Å². The fraction of sp³-hybridized carbons (Fsp3) is 0.500. The van der Waals surface area contributed by atoms with Crippen molar-refractivity contribution in [1.29, 1.82) is 0 Å². The van der Waals surface area contributed by atoms with Gasteiger partial charge in [-0.25, -0.2) is 4.98 Å². The normalized spacial score (nSPS) is 10.8. The zero-order valence-corrected chi connectivity index (χ0v) is 10.2. The van der Waals surface area contributed by atoms with Gasteiger partial charge in [-0.2, -0.15) is 0 Å². The maximum absolute atomic E-state index is 11.1. The molecule has 0 atom stereocenters. The van der Waals surface area contributed by atoms with Crippen molar-refractivity contribution >= 4 is 37.7 Å². The smallest absolute Gasteiger partial charge is 0.241 e. The second kappa shape index (κ2) is 3.83. The van der Waals surface area contributed by atoms with Crippen LogP contribution in [0.15, 0.2) is 0 Å². The molecule has 0 N–H and O–H groups in total. The van der Waals surface area contributed by atoms with Gasteiger partial charge in [-0.3, -0.25) is 4.79 Å². The highest BCUT2D eigenvalue weighted by Crippen LogP contribution is 2.27. The quantitative estimate of drug-likeness (QED) is 0.619. The predicted octanol–water partition coefficient (Wildman–Crippen LogP) is 3.15. The lowest BCUT2D eigenvalue weighted by Crippen LogP contribution is -1.95. The van der Waals surface area contributed by atoms with Gasteiger partial charge in [0.15, 0.2) is 0 Å². The minimum Gasteiger partial charge on any atom is -0.280 e. The largest absolute Gasteiger partial charge is 0.280 e. The first kappa shape index (κ1) is 10.1. The number of nitrogens with zero attached hydrogens (tertiary/aromatic N) is 1. The molecule has 0 spiro atoms. The van der Waals surface area contributed by atoms with Crippen molar-refractivity contribution < 1.29 is 4.79 Å². The maximum atomic E-state index is 11.1. The molecule has 0 saturated heterocycles. The monoisotopic (exact) mass is 295 g/mol. The Morgan fingerprint density at radius 2 is 2.17 bits per heavy atom. The maximum Gasteiger partial charge on any atom is 0.241 e. The van der Waals surface area contributed by atoms with E-state index in [1.54, 1.807) is 33.9 Å². The molecule has 0 aliphatic heterocycles. The van der Waals surface area contributed by atoms with Gasteiger partial charge in [0.05, 0.1) is 5.01 Å². The molecule has 1 aromatic rings. The Morgan fingerprint density at radius 1 is 1.58 bits per heavy atom. The molecule has 0 saturated carbocycles. The Hall–Kier alpha value is 0.0300. The molecule has 12 heavy (non-hydrogen) atoms. The topological polar surface area (TPSA) is 30.0 Å². The van der Waals surface area contributed by atoms with E-state index >= 15 is 0 Å². The number of carbonyl (C=O) groups excluding carboxylic acids is 1. The Bertz CT molecular complexity index is 306. The Morgan fingerprint density at radius 3 is 2.50 bits per heavy atom. The molecule has 2 nitrogen and oxygen atoms in total. The lowest BCUT2D eigenvalue weighted by Gasteiger charge is -2.00. The second-order valence-corrected chi connectivity index (χ2v) is 5.09. The zero-order valence-electron chi connectivity index (χ0n) is 7.22. The van der Waals surface area contributed by atoms with Crippen LogP contribution in [0.4, 0.5) is 0 Å². The first-order valence-electron chi connectivity index (χ1n) is 3.69. The molecular formula is C8H10INOS. The molecule has 0 aromatic carbocycles. The first-order chi connectivity index (χ1) is 5.52. The van der Waals surface area contributed by atoms with E-state index in [4.69, 9.17) is 0 Å². The van der Waals surface area contributed by atoms with Gasteiger partial charge in [0.1, 0.15) is 5.69 Å². The molecule has 4 heteroatoms. The average Bonchev–Trinajstić information content (AvgIpc) is 2.31. The molecule has 0 amide bonds.